The summed E-state index contributed by atoms with van der Waals surface area (Å²) in [6, 6.07) is 0. The number of hydrogen-bond acceptors (Lipinski definition) is 3. The predicted octanol–water partition coefficient (Wildman–Crippen LogP) is 1.16. The second-order valence-electron chi connectivity index (χ2n) is 2.71. The molecule has 0 aliphatic heterocycles. The summed E-state index contributed by atoms with van der Waals surface area (Å²) in [7, 11) is 0. The predicted molar refractivity (Wildman–Crippen MR) is 50.1 cm³/mol. The number of carboxylic acids is 1. The first-order valence-electron chi connectivity index (χ1n) is 4.06. The number of aliphatic carboxylic acids is 1. The first-order valence-corrected chi connectivity index (χ1v) is 4.94. The van der Waals surface area contributed by atoms with Gasteiger partial charge in [-0.15, -0.1) is 0 Å². The number of rotatable bonds is 5. The minimum atomic E-state index is -0.780. The lowest BCUT2D eigenvalue weighted by atomic mass is 10.2. The molecule has 1 aromatic heterocycles. The molecule has 0 aromatic carbocycles. The maximum absolute atomic E-state index is 11.0. The van der Waals surface area contributed by atoms with Crippen molar-refractivity contribution in [3.63, 3.8) is 0 Å². The summed E-state index contributed by atoms with van der Waals surface area (Å²) in [6.45, 7) is 0.621. The highest BCUT2D eigenvalue weighted by Crippen LogP contribution is 1.98. The van der Waals surface area contributed by atoms with Gasteiger partial charge in [0.05, 0.1) is 0 Å². The molecule has 0 fully saturated rings. The molecule has 1 heterocycles. The van der Waals surface area contributed by atoms with Crippen LogP contribution in [0.15, 0.2) is 16.4 Å². The number of thiazole rings is 1. The fraction of sp³-hybridized carbons (Fsp3) is 0.500. The van der Waals surface area contributed by atoms with Crippen molar-refractivity contribution in [1.82, 2.24) is 4.57 Å². The molecular formula is C8H11NO3S. The van der Waals surface area contributed by atoms with Crippen LogP contribution >= 0.6 is 11.3 Å². The Morgan fingerprint density at radius 1 is 1.54 bits per heavy atom. The normalized spacial score (nSPS) is 10.2. The fourth-order valence-corrected chi connectivity index (χ4v) is 1.63. The fourth-order valence-electron chi connectivity index (χ4n) is 1.01. The molecule has 1 N–H and O–H groups in total. The van der Waals surface area contributed by atoms with E-state index in [1.54, 1.807) is 16.1 Å². The first-order chi connectivity index (χ1) is 6.20. The largest absolute Gasteiger partial charge is 0.481 e. The summed E-state index contributed by atoms with van der Waals surface area (Å²) in [5, 5.41) is 10.1. The molecule has 5 heteroatoms. The molecule has 72 valence electrons. The molecule has 0 aliphatic carbocycles. The molecule has 0 saturated carbocycles. The van der Waals surface area contributed by atoms with E-state index in [1.165, 1.54) is 0 Å². The van der Waals surface area contributed by atoms with Crippen molar-refractivity contribution in [3.05, 3.63) is 21.2 Å². The monoisotopic (exact) mass is 201 g/mol. The van der Waals surface area contributed by atoms with Crippen molar-refractivity contribution in [2.75, 3.05) is 0 Å². The molecule has 0 saturated heterocycles. The van der Waals surface area contributed by atoms with E-state index in [0.29, 0.717) is 13.0 Å². The Hall–Kier alpha value is -1.10. The highest BCUT2D eigenvalue weighted by Gasteiger charge is 1.98. The summed E-state index contributed by atoms with van der Waals surface area (Å²) in [4.78, 5) is 21.2. The third kappa shape index (κ3) is 3.42. The molecule has 13 heavy (non-hydrogen) atoms. The van der Waals surface area contributed by atoms with Crippen molar-refractivity contribution in [2.45, 2.75) is 25.8 Å². The smallest absolute Gasteiger partial charge is 0.307 e. The average Bonchev–Trinajstić information content (AvgIpc) is 2.45. The molecule has 0 unspecified atom stereocenters. The van der Waals surface area contributed by atoms with E-state index in [1.807, 2.05) is 0 Å². The van der Waals surface area contributed by atoms with Gasteiger partial charge >= 0.3 is 10.8 Å². The Kier molecular flexibility index (Phi) is 3.70. The zero-order chi connectivity index (χ0) is 9.68. The maximum Gasteiger partial charge on any atom is 0.307 e. The maximum atomic E-state index is 11.0. The minimum Gasteiger partial charge on any atom is -0.481 e. The topological polar surface area (TPSA) is 59.3 Å². The van der Waals surface area contributed by atoms with Crippen molar-refractivity contribution < 1.29 is 9.90 Å². The van der Waals surface area contributed by atoms with E-state index in [4.69, 9.17) is 5.11 Å². The Bertz CT molecular complexity index is 328. The number of nitrogens with zero attached hydrogens (tertiary/aromatic N) is 1. The number of carbonyl (C=O) groups is 1. The van der Waals surface area contributed by atoms with Gasteiger partial charge in [-0.3, -0.25) is 9.59 Å². The van der Waals surface area contributed by atoms with E-state index in [9.17, 15) is 9.59 Å². The number of aromatic nitrogens is 1. The summed E-state index contributed by atoms with van der Waals surface area (Å²) < 4.78 is 1.60. The Labute approximate surface area is 79.4 Å². The van der Waals surface area contributed by atoms with Gasteiger partial charge in [0, 0.05) is 24.5 Å². The van der Waals surface area contributed by atoms with Gasteiger partial charge in [0.1, 0.15) is 0 Å². The molecule has 0 aliphatic rings. The Balaban J connectivity index is 2.24. The lowest BCUT2D eigenvalue weighted by molar-refractivity contribution is -0.137. The van der Waals surface area contributed by atoms with Crippen molar-refractivity contribution >= 4 is 17.3 Å². The molecule has 0 spiro atoms. The van der Waals surface area contributed by atoms with Gasteiger partial charge in [0.15, 0.2) is 0 Å². The van der Waals surface area contributed by atoms with E-state index in [-0.39, 0.29) is 11.3 Å². The molecule has 0 radical (unpaired) electrons. The SMILES string of the molecule is O=C(O)CCCCn1ccsc1=O. The van der Waals surface area contributed by atoms with Crippen LogP contribution in [0.5, 0.6) is 0 Å². The van der Waals surface area contributed by atoms with Gasteiger partial charge in [-0.25, -0.2) is 0 Å². The zero-order valence-corrected chi connectivity index (χ0v) is 7.92. The lowest BCUT2D eigenvalue weighted by Crippen LogP contribution is -2.11. The summed E-state index contributed by atoms with van der Waals surface area (Å²) >= 11 is 1.16. The molecule has 0 bridgehead atoms. The Morgan fingerprint density at radius 3 is 2.85 bits per heavy atom. The summed E-state index contributed by atoms with van der Waals surface area (Å²) in [5.41, 5.74) is 0. The van der Waals surface area contributed by atoms with Crippen molar-refractivity contribution in [3.8, 4) is 0 Å². The quantitative estimate of drug-likeness (QED) is 0.727. The highest BCUT2D eigenvalue weighted by molar-refractivity contribution is 7.07. The highest BCUT2D eigenvalue weighted by atomic mass is 32.1. The van der Waals surface area contributed by atoms with Crippen LogP contribution in [0, 0.1) is 0 Å². The summed E-state index contributed by atoms with van der Waals surface area (Å²) in [6.07, 6.45) is 3.27. The second-order valence-corrected chi connectivity index (χ2v) is 3.57. The van der Waals surface area contributed by atoms with E-state index < -0.39 is 5.97 Å². The van der Waals surface area contributed by atoms with Crippen LogP contribution in [-0.2, 0) is 11.3 Å². The van der Waals surface area contributed by atoms with Gasteiger partial charge in [-0.2, -0.15) is 0 Å². The van der Waals surface area contributed by atoms with Crippen LogP contribution in [0.1, 0.15) is 19.3 Å². The number of unbranched alkanes of at least 4 members (excludes halogenated alkanes) is 1. The molecule has 4 nitrogen and oxygen atoms in total. The molecular weight excluding hydrogens is 190 g/mol. The number of carboxylic acid groups (broad SMARTS) is 1. The van der Waals surface area contributed by atoms with Crippen molar-refractivity contribution in [1.29, 1.82) is 0 Å². The van der Waals surface area contributed by atoms with Crippen LogP contribution in [0.3, 0.4) is 0 Å². The molecule has 1 aromatic rings. The first kappa shape index (κ1) is 9.98. The molecule has 1 rings (SSSR count). The molecule has 0 amide bonds. The van der Waals surface area contributed by atoms with E-state index >= 15 is 0 Å². The number of hydrogen-bond donors (Lipinski definition) is 1. The third-order valence-electron chi connectivity index (χ3n) is 1.68. The van der Waals surface area contributed by atoms with Crippen LogP contribution < -0.4 is 4.87 Å². The minimum absolute atomic E-state index is 0.0234. The van der Waals surface area contributed by atoms with Crippen molar-refractivity contribution in [2.24, 2.45) is 0 Å². The van der Waals surface area contributed by atoms with Gasteiger partial charge in [-0.05, 0) is 12.8 Å². The van der Waals surface area contributed by atoms with Crippen LogP contribution in [-0.4, -0.2) is 15.6 Å². The lowest BCUT2D eigenvalue weighted by Gasteiger charge is -1.98. The van der Waals surface area contributed by atoms with Crippen LogP contribution in [0.4, 0.5) is 0 Å². The van der Waals surface area contributed by atoms with E-state index in [0.717, 1.165) is 17.8 Å². The average molecular weight is 201 g/mol. The van der Waals surface area contributed by atoms with Gasteiger partial charge in [0.25, 0.3) is 0 Å². The number of aryl methyl sites for hydroxylation is 1. The third-order valence-corrected chi connectivity index (χ3v) is 2.38. The second kappa shape index (κ2) is 4.81. The van der Waals surface area contributed by atoms with Crippen LogP contribution in [0.2, 0.25) is 0 Å². The molecule has 0 atom stereocenters. The van der Waals surface area contributed by atoms with Crippen LogP contribution in [0.25, 0.3) is 0 Å². The van der Waals surface area contributed by atoms with Gasteiger partial charge in [-0.1, -0.05) is 11.3 Å². The standard InChI is InChI=1S/C8H11NO3S/c10-7(11)3-1-2-4-9-5-6-13-8(9)12/h5-6H,1-4H2,(H,10,11). The zero-order valence-electron chi connectivity index (χ0n) is 7.10. The van der Waals surface area contributed by atoms with Gasteiger partial charge < -0.3 is 9.67 Å². The van der Waals surface area contributed by atoms with E-state index in [2.05, 4.69) is 0 Å². The van der Waals surface area contributed by atoms with Gasteiger partial charge in [0.2, 0.25) is 0 Å². The Morgan fingerprint density at radius 2 is 2.31 bits per heavy atom. The summed E-state index contributed by atoms with van der Waals surface area (Å²) in [5.74, 6) is -0.780.